The summed E-state index contributed by atoms with van der Waals surface area (Å²) in [5, 5.41) is 2.40. The van der Waals surface area contributed by atoms with Crippen molar-refractivity contribution in [2.75, 3.05) is 24.3 Å². The van der Waals surface area contributed by atoms with Gasteiger partial charge in [-0.3, -0.25) is 4.79 Å². The summed E-state index contributed by atoms with van der Waals surface area (Å²) in [4.78, 5) is 13.8. The minimum Gasteiger partial charge on any atom is -0.378 e. The first-order valence-corrected chi connectivity index (χ1v) is 8.97. The van der Waals surface area contributed by atoms with Crippen LogP contribution < -0.4 is 10.2 Å². The van der Waals surface area contributed by atoms with Crippen LogP contribution in [0.15, 0.2) is 42.5 Å². The molecular formula is C21H25F3N2O. The number of halogens is 3. The molecule has 3 nitrogen and oxygen atoms in total. The van der Waals surface area contributed by atoms with E-state index in [-0.39, 0.29) is 12.1 Å². The average Bonchev–Trinajstić information content (AvgIpc) is 2.60. The van der Waals surface area contributed by atoms with Gasteiger partial charge in [-0.05, 0) is 42.2 Å². The van der Waals surface area contributed by atoms with Gasteiger partial charge >= 0.3 is 6.18 Å². The maximum atomic E-state index is 13.3. The highest BCUT2D eigenvalue weighted by molar-refractivity contribution is 5.93. The number of carbonyl (C=O) groups excluding carboxylic acids is 1. The topological polar surface area (TPSA) is 32.3 Å². The SMILES string of the molecule is CCCCc1ccc(CC(=O)Nc2ccc(N(C)C)cc2C(F)(F)F)cc1. The Balaban J connectivity index is 2.11. The number of hydrogen-bond acceptors (Lipinski definition) is 2. The number of carbonyl (C=O) groups is 1. The maximum Gasteiger partial charge on any atom is 0.418 e. The van der Waals surface area contributed by atoms with Crippen molar-refractivity contribution in [2.24, 2.45) is 0 Å². The smallest absolute Gasteiger partial charge is 0.378 e. The molecule has 146 valence electrons. The fraction of sp³-hybridized carbons (Fsp3) is 0.381. The van der Waals surface area contributed by atoms with Gasteiger partial charge in [-0.25, -0.2) is 0 Å². The highest BCUT2D eigenvalue weighted by Crippen LogP contribution is 2.37. The maximum absolute atomic E-state index is 13.3. The second kappa shape index (κ2) is 8.93. The molecule has 0 spiro atoms. The highest BCUT2D eigenvalue weighted by Gasteiger charge is 2.34. The number of unbranched alkanes of at least 4 members (excludes halogenated alkanes) is 1. The fourth-order valence-corrected chi connectivity index (χ4v) is 2.74. The number of alkyl halides is 3. The summed E-state index contributed by atoms with van der Waals surface area (Å²) in [7, 11) is 3.33. The van der Waals surface area contributed by atoms with Crippen LogP contribution in [-0.2, 0) is 23.8 Å². The van der Waals surface area contributed by atoms with E-state index in [9.17, 15) is 18.0 Å². The zero-order valence-corrected chi connectivity index (χ0v) is 15.9. The van der Waals surface area contributed by atoms with Crippen LogP contribution in [0.3, 0.4) is 0 Å². The summed E-state index contributed by atoms with van der Waals surface area (Å²) in [6.07, 6.45) is -1.33. The lowest BCUT2D eigenvalue weighted by Crippen LogP contribution is -2.19. The van der Waals surface area contributed by atoms with E-state index in [2.05, 4.69) is 12.2 Å². The third-order valence-electron chi connectivity index (χ3n) is 4.31. The minimum atomic E-state index is -4.55. The van der Waals surface area contributed by atoms with Gasteiger partial charge < -0.3 is 10.2 Å². The Hall–Kier alpha value is -2.50. The monoisotopic (exact) mass is 378 g/mol. The van der Waals surface area contributed by atoms with E-state index in [1.807, 2.05) is 24.3 Å². The summed E-state index contributed by atoms with van der Waals surface area (Å²) in [6.45, 7) is 2.12. The summed E-state index contributed by atoms with van der Waals surface area (Å²) in [6, 6.07) is 11.5. The second-order valence-electron chi connectivity index (χ2n) is 6.77. The lowest BCUT2D eigenvalue weighted by molar-refractivity contribution is -0.136. The molecule has 27 heavy (non-hydrogen) atoms. The van der Waals surface area contributed by atoms with Crippen molar-refractivity contribution in [2.45, 2.75) is 38.8 Å². The van der Waals surface area contributed by atoms with Gasteiger partial charge in [0, 0.05) is 19.8 Å². The first kappa shape index (κ1) is 20.8. The van der Waals surface area contributed by atoms with Crippen LogP contribution in [0.25, 0.3) is 0 Å². The lowest BCUT2D eigenvalue weighted by atomic mass is 10.0. The van der Waals surface area contributed by atoms with E-state index in [4.69, 9.17) is 0 Å². The van der Waals surface area contributed by atoms with E-state index in [0.717, 1.165) is 30.9 Å². The van der Waals surface area contributed by atoms with Gasteiger partial charge in [0.1, 0.15) is 0 Å². The van der Waals surface area contributed by atoms with E-state index < -0.39 is 17.6 Å². The van der Waals surface area contributed by atoms with Crippen molar-refractivity contribution in [3.8, 4) is 0 Å². The Morgan fingerprint density at radius 1 is 1.04 bits per heavy atom. The molecule has 2 aromatic rings. The van der Waals surface area contributed by atoms with Crippen molar-refractivity contribution < 1.29 is 18.0 Å². The number of anilines is 2. The van der Waals surface area contributed by atoms with E-state index in [1.165, 1.54) is 11.6 Å². The molecule has 0 radical (unpaired) electrons. The molecule has 0 aliphatic carbocycles. The Labute approximate surface area is 158 Å². The Bertz CT molecular complexity index is 768. The van der Waals surface area contributed by atoms with Crippen molar-refractivity contribution in [1.82, 2.24) is 0 Å². The summed E-state index contributed by atoms with van der Waals surface area (Å²) in [5.41, 5.74) is 1.31. The first-order chi connectivity index (χ1) is 12.7. The molecule has 0 saturated carbocycles. The predicted molar refractivity (Wildman–Crippen MR) is 103 cm³/mol. The first-order valence-electron chi connectivity index (χ1n) is 8.97. The molecule has 1 N–H and O–H groups in total. The van der Waals surface area contributed by atoms with Crippen LogP contribution >= 0.6 is 0 Å². The van der Waals surface area contributed by atoms with Gasteiger partial charge in [0.15, 0.2) is 0 Å². The van der Waals surface area contributed by atoms with E-state index in [1.54, 1.807) is 25.1 Å². The molecule has 2 aromatic carbocycles. The summed E-state index contributed by atoms with van der Waals surface area (Å²) < 4.78 is 40.0. The average molecular weight is 378 g/mol. The van der Waals surface area contributed by atoms with Crippen molar-refractivity contribution >= 4 is 17.3 Å². The van der Waals surface area contributed by atoms with Gasteiger partial charge in [-0.15, -0.1) is 0 Å². The van der Waals surface area contributed by atoms with Crippen LogP contribution in [0.1, 0.15) is 36.5 Å². The Morgan fingerprint density at radius 2 is 1.67 bits per heavy atom. The minimum absolute atomic E-state index is 0.0286. The molecule has 6 heteroatoms. The molecule has 0 aliphatic rings. The second-order valence-corrected chi connectivity index (χ2v) is 6.77. The van der Waals surface area contributed by atoms with Crippen LogP contribution in [-0.4, -0.2) is 20.0 Å². The standard InChI is InChI=1S/C21H25F3N2O/c1-4-5-6-15-7-9-16(10-8-15)13-20(27)25-19-12-11-17(26(2)3)14-18(19)21(22,23)24/h7-12,14H,4-6,13H2,1-3H3,(H,25,27). The number of rotatable bonds is 7. The molecule has 0 bridgehead atoms. The van der Waals surface area contributed by atoms with Gasteiger partial charge in [0.05, 0.1) is 17.7 Å². The predicted octanol–water partition coefficient (Wildman–Crippen LogP) is 5.30. The summed E-state index contributed by atoms with van der Waals surface area (Å²) >= 11 is 0. The molecular weight excluding hydrogens is 353 g/mol. The van der Waals surface area contributed by atoms with Crippen LogP contribution in [0, 0.1) is 0 Å². The van der Waals surface area contributed by atoms with Crippen LogP contribution in [0.2, 0.25) is 0 Å². The van der Waals surface area contributed by atoms with Crippen molar-refractivity contribution in [3.05, 3.63) is 59.2 Å². The number of amides is 1. The molecule has 0 fully saturated rings. The number of nitrogens with one attached hydrogen (secondary N) is 1. The van der Waals surface area contributed by atoms with Crippen LogP contribution in [0.5, 0.6) is 0 Å². The number of nitrogens with zero attached hydrogens (tertiary/aromatic N) is 1. The number of hydrogen-bond donors (Lipinski definition) is 1. The molecule has 0 heterocycles. The molecule has 0 saturated heterocycles. The third-order valence-corrected chi connectivity index (χ3v) is 4.31. The van der Waals surface area contributed by atoms with Crippen LogP contribution in [0.4, 0.5) is 24.5 Å². The van der Waals surface area contributed by atoms with Crippen molar-refractivity contribution in [3.63, 3.8) is 0 Å². The van der Waals surface area contributed by atoms with Gasteiger partial charge in [-0.1, -0.05) is 37.6 Å². The molecule has 2 rings (SSSR count). The molecule has 0 unspecified atom stereocenters. The Morgan fingerprint density at radius 3 is 2.22 bits per heavy atom. The molecule has 0 atom stereocenters. The summed E-state index contributed by atoms with van der Waals surface area (Å²) in [5.74, 6) is -0.473. The van der Waals surface area contributed by atoms with Gasteiger partial charge in [0.25, 0.3) is 0 Å². The zero-order valence-electron chi connectivity index (χ0n) is 15.9. The molecule has 0 aromatic heterocycles. The molecule has 1 amide bonds. The van der Waals surface area contributed by atoms with E-state index in [0.29, 0.717) is 5.69 Å². The fourth-order valence-electron chi connectivity index (χ4n) is 2.74. The number of aryl methyl sites for hydroxylation is 1. The Kier molecular flexibility index (Phi) is 6.88. The van der Waals surface area contributed by atoms with Gasteiger partial charge in [-0.2, -0.15) is 13.2 Å². The largest absolute Gasteiger partial charge is 0.418 e. The normalized spacial score (nSPS) is 11.3. The van der Waals surface area contributed by atoms with E-state index >= 15 is 0 Å². The highest BCUT2D eigenvalue weighted by atomic mass is 19.4. The van der Waals surface area contributed by atoms with Crippen molar-refractivity contribution in [1.29, 1.82) is 0 Å². The van der Waals surface area contributed by atoms with Gasteiger partial charge in [0.2, 0.25) is 5.91 Å². The zero-order chi connectivity index (χ0) is 20.0. The lowest BCUT2D eigenvalue weighted by Gasteiger charge is -2.18. The number of benzene rings is 2. The quantitative estimate of drug-likeness (QED) is 0.709. The molecule has 0 aliphatic heterocycles. The third kappa shape index (κ3) is 6.01.